The molecule has 2 fully saturated rings. The predicted octanol–water partition coefficient (Wildman–Crippen LogP) is 0.389. The van der Waals surface area contributed by atoms with E-state index in [9.17, 15) is 13.5 Å². The molecule has 0 spiro atoms. The van der Waals surface area contributed by atoms with Gasteiger partial charge in [-0.1, -0.05) is 12.8 Å². The van der Waals surface area contributed by atoms with Crippen molar-refractivity contribution in [3.63, 3.8) is 0 Å². The summed E-state index contributed by atoms with van der Waals surface area (Å²) < 4.78 is 28.5. The lowest BCUT2D eigenvalue weighted by Gasteiger charge is -2.15. The highest BCUT2D eigenvalue weighted by Gasteiger charge is 2.36. The van der Waals surface area contributed by atoms with E-state index in [1.165, 1.54) is 0 Å². The van der Waals surface area contributed by atoms with Crippen LogP contribution in [0.1, 0.15) is 43.8 Å². The molecule has 1 aromatic heterocycles. The van der Waals surface area contributed by atoms with Gasteiger partial charge in [0.2, 0.25) is 10.0 Å². The Balaban J connectivity index is 1.51. The monoisotopic (exact) mass is 328 g/mol. The SMILES string of the molecule is Cn1cnnc1[C@H]1C[C@H](CNS(=O)(=O)CCC2CC2)[C@H](O)C1. The molecule has 2 N–H and O–H groups in total. The van der Waals surface area contributed by atoms with Crippen molar-refractivity contribution >= 4 is 10.0 Å². The molecule has 124 valence electrons. The lowest BCUT2D eigenvalue weighted by molar-refractivity contribution is 0.134. The maximum atomic E-state index is 12.0. The Bertz CT molecular complexity index is 611. The van der Waals surface area contributed by atoms with Crippen molar-refractivity contribution in [2.45, 2.75) is 44.1 Å². The third kappa shape index (κ3) is 3.85. The molecule has 2 saturated carbocycles. The van der Waals surface area contributed by atoms with E-state index >= 15 is 0 Å². The number of aromatic nitrogens is 3. The zero-order chi connectivity index (χ0) is 15.7. The minimum absolute atomic E-state index is 0.0580. The molecular formula is C14H24N4O3S. The van der Waals surface area contributed by atoms with Gasteiger partial charge in [0.15, 0.2) is 0 Å². The first kappa shape index (κ1) is 15.9. The van der Waals surface area contributed by atoms with Crippen molar-refractivity contribution in [2.24, 2.45) is 18.9 Å². The van der Waals surface area contributed by atoms with Crippen LogP contribution in [0, 0.1) is 11.8 Å². The average molecular weight is 328 g/mol. The van der Waals surface area contributed by atoms with E-state index in [1.54, 1.807) is 6.33 Å². The maximum Gasteiger partial charge on any atom is 0.211 e. The Morgan fingerprint density at radius 1 is 1.41 bits per heavy atom. The number of aliphatic hydroxyl groups excluding tert-OH is 1. The van der Waals surface area contributed by atoms with E-state index in [0.717, 1.165) is 31.5 Å². The van der Waals surface area contributed by atoms with Crippen LogP contribution in [0.25, 0.3) is 0 Å². The largest absolute Gasteiger partial charge is 0.393 e. The molecule has 0 amide bonds. The van der Waals surface area contributed by atoms with Crippen LogP contribution in [0.4, 0.5) is 0 Å². The minimum atomic E-state index is -3.22. The number of sulfonamides is 1. The Morgan fingerprint density at radius 2 is 2.18 bits per heavy atom. The second kappa shape index (κ2) is 6.25. The van der Waals surface area contributed by atoms with Crippen LogP contribution in [0.3, 0.4) is 0 Å². The molecule has 1 heterocycles. The van der Waals surface area contributed by atoms with Gasteiger partial charge in [-0.05, 0) is 31.1 Å². The summed E-state index contributed by atoms with van der Waals surface area (Å²) in [6.07, 6.45) is 5.58. The fourth-order valence-electron chi connectivity index (χ4n) is 3.23. The van der Waals surface area contributed by atoms with E-state index in [2.05, 4.69) is 14.9 Å². The topological polar surface area (TPSA) is 97.1 Å². The minimum Gasteiger partial charge on any atom is -0.393 e. The van der Waals surface area contributed by atoms with Gasteiger partial charge < -0.3 is 9.67 Å². The van der Waals surface area contributed by atoms with Gasteiger partial charge in [-0.15, -0.1) is 10.2 Å². The molecule has 0 aromatic carbocycles. The Hall–Kier alpha value is -0.990. The van der Waals surface area contributed by atoms with E-state index in [0.29, 0.717) is 18.9 Å². The van der Waals surface area contributed by atoms with Crippen molar-refractivity contribution in [2.75, 3.05) is 12.3 Å². The van der Waals surface area contributed by atoms with Crippen LogP contribution in [-0.4, -0.2) is 46.7 Å². The molecular weight excluding hydrogens is 304 g/mol. The molecule has 2 aliphatic rings. The summed E-state index contributed by atoms with van der Waals surface area (Å²) in [7, 11) is -1.34. The Kier molecular flexibility index (Phi) is 4.52. The molecule has 0 aliphatic heterocycles. The second-order valence-corrected chi connectivity index (χ2v) is 8.62. The van der Waals surface area contributed by atoms with Gasteiger partial charge >= 0.3 is 0 Å². The number of nitrogens with one attached hydrogen (secondary N) is 1. The first-order valence-electron chi connectivity index (χ1n) is 7.94. The van der Waals surface area contributed by atoms with E-state index in [1.807, 2.05) is 11.6 Å². The molecule has 7 nitrogen and oxygen atoms in total. The fraction of sp³-hybridized carbons (Fsp3) is 0.857. The van der Waals surface area contributed by atoms with Gasteiger partial charge in [-0.2, -0.15) is 0 Å². The van der Waals surface area contributed by atoms with Crippen LogP contribution >= 0.6 is 0 Å². The van der Waals surface area contributed by atoms with Crippen LogP contribution < -0.4 is 4.72 Å². The summed E-state index contributed by atoms with van der Waals surface area (Å²) >= 11 is 0. The van der Waals surface area contributed by atoms with Gasteiger partial charge in [-0.25, -0.2) is 13.1 Å². The standard InChI is InChI=1S/C14H24N4O3S/c1-18-9-15-17-14(18)11-6-12(13(19)7-11)8-16-22(20,21)5-4-10-2-3-10/h9-13,16,19H,2-8H2,1H3/t11-,12+,13+/m0/s1. The molecule has 1 aromatic rings. The molecule has 0 bridgehead atoms. The van der Waals surface area contributed by atoms with E-state index in [-0.39, 0.29) is 17.6 Å². The molecule has 0 unspecified atom stereocenters. The van der Waals surface area contributed by atoms with Crippen LogP contribution in [0.2, 0.25) is 0 Å². The number of aliphatic hydroxyl groups is 1. The Morgan fingerprint density at radius 3 is 2.82 bits per heavy atom. The Labute approximate surface area is 131 Å². The average Bonchev–Trinajstić information content (AvgIpc) is 3.09. The van der Waals surface area contributed by atoms with Crippen molar-refractivity contribution in [3.8, 4) is 0 Å². The van der Waals surface area contributed by atoms with Gasteiger partial charge in [0.1, 0.15) is 12.2 Å². The van der Waals surface area contributed by atoms with Gasteiger partial charge in [0, 0.05) is 19.5 Å². The molecule has 3 rings (SSSR count). The number of hydrogen-bond acceptors (Lipinski definition) is 5. The summed E-state index contributed by atoms with van der Waals surface area (Å²) in [4.78, 5) is 0. The smallest absolute Gasteiger partial charge is 0.211 e. The molecule has 0 radical (unpaired) electrons. The fourth-order valence-corrected chi connectivity index (χ4v) is 4.49. The zero-order valence-electron chi connectivity index (χ0n) is 12.9. The van der Waals surface area contributed by atoms with Gasteiger partial charge in [0.25, 0.3) is 0 Å². The van der Waals surface area contributed by atoms with Crippen molar-refractivity contribution in [1.29, 1.82) is 0 Å². The van der Waals surface area contributed by atoms with Crippen LogP contribution in [-0.2, 0) is 17.1 Å². The first-order chi connectivity index (χ1) is 10.4. The lowest BCUT2D eigenvalue weighted by atomic mass is 10.0. The molecule has 0 saturated heterocycles. The van der Waals surface area contributed by atoms with Crippen LogP contribution in [0.5, 0.6) is 0 Å². The second-order valence-electron chi connectivity index (χ2n) is 6.70. The van der Waals surface area contributed by atoms with Crippen LogP contribution in [0.15, 0.2) is 6.33 Å². The third-order valence-corrected chi connectivity index (χ3v) is 6.21. The highest BCUT2D eigenvalue weighted by atomic mass is 32.2. The van der Waals surface area contributed by atoms with Crippen molar-refractivity contribution < 1.29 is 13.5 Å². The normalized spacial score (nSPS) is 29.1. The number of rotatable bonds is 7. The molecule has 2 aliphatic carbocycles. The third-order valence-electron chi connectivity index (χ3n) is 4.83. The van der Waals surface area contributed by atoms with E-state index < -0.39 is 16.1 Å². The summed E-state index contributed by atoms with van der Waals surface area (Å²) in [6, 6.07) is 0. The number of hydrogen-bond donors (Lipinski definition) is 2. The highest BCUT2D eigenvalue weighted by molar-refractivity contribution is 7.89. The molecule has 22 heavy (non-hydrogen) atoms. The summed E-state index contributed by atoms with van der Waals surface area (Å²) in [5.41, 5.74) is 0. The lowest BCUT2D eigenvalue weighted by Crippen LogP contribution is -2.34. The van der Waals surface area contributed by atoms with Crippen molar-refractivity contribution in [1.82, 2.24) is 19.5 Å². The van der Waals surface area contributed by atoms with Crippen molar-refractivity contribution in [3.05, 3.63) is 12.2 Å². The quantitative estimate of drug-likeness (QED) is 0.754. The van der Waals surface area contributed by atoms with Gasteiger partial charge in [0.05, 0.1) is 11.9 Å². The molecule has 8 heteroatoms. The maximum absolute atomic E-state index is 12.0. The highest BCUT2D eigenvalue weighted by Crippen LogP contribution is 2.37. The zero-order valence-corrected chi connectivity index (χ0v) is 13.7. The summed E-state index contributed by atoms with van der Waals surface area (Å²) in [6.45, 7) is 0.308. The predicted molar refractivity (Wildman–Crippen MR) is 81.6 cm³/mol. The number of aryl methyl sites for hydroxylation is 1. The summed E-state index contributed by atoms with van der Waals surface area (Å²) in [5.74, 6) is 1.75. The first-order valence-corrected chi connectivity index (χ1v) is 9.59. The molecule has 3 atom stereocenters. The van der Waals surface area contributed by atoms with E-state index in [4.69, 9.17) is 0 Å². The van der Waals surface area contributed by atoms with Gasteiger partial charge in [-0.3, -0.25) is 0 Å². The number of nitrogens with zero attached hydrogens (tertiary/aromatic N) is 3. The summed E-state index contributed by atoms with van der Waals surface area (Å²) in [5, 5.41) is 18.1.